The van der Waals surface area contributed by atoms with E-state index in [0.717, 1.165) is 31.8 Å². The van der Waals surface area contributed by atoms with Gasteiger partial charge in [-0.3, -0.25) is 4.79 Å². The minimum Gasteiger partial charge on any atom is -0.449 e. The highest BCUT2D eigenvalue weighted by molar-refractivity contribution is 8.01. The van der Waals surface area contributed by atoms with Gasteiger partial charge in [-0.15, -0.1) is 11.8 Å². The van der Waals surface area contributed by atoms with E-state index in [1.165, 1.54) is 0 Å². The second-order valence-corrected chi connectivity index (χ2v) is 7.73. The van der Waals surface area contributed by atoms with E-state index in [9.17, 15) is 4.79 Å². The quantitative estimate of drug-likeness (QED) is 0.855. The first kappa shape index (κ1) is 14.4. The number of amides is 1. The summed E-state index contributed by atoms with van der Waals surface area (Å²) >= 11 is 1.71. The number of nitrogens with zero attached hydrogens (tertiary/aromatic N) is 2. The van der Waals surface area contributed by atoms with E-state index in [4.69, 9.17) is 4.42 Å². The van der Waals surface area contributed by atoms with Crippen LogP contribution in [0, 0.1) is 0 Å². The molecule has 0 N–H and O–H groups in total. The zero-order valence-corrected chi connectivity index (χ0v) is 12.7. The van der Waals surface area contributed by atoms with Gasteiger partial charge in [0.2, 0.25) is 5.91 Å². The zero-order valence-electron chi connectivity index (χ0n) is 11.9. The van der Waals surface area contributed by atoms with Crippen molar-refractivity contribution < 1.29 is 9.21 Å². The molecule has 1 aliphatic heterocycles. The molecule has 0 radical (unpaired) electrons. The first-order valence-electron chi connectivity index (χ1n) is 6.77. The lowest BCUT2D eigenvalue weighted by Crippen LogP contribution is -2.39. The first-order valence-corrected chi connectivity index (χ1v) is 7.75. The molecular formula is C14H22N2O2S. The lowest BCUT2D eigenvalue weighted by molar-refractivity contribution is -0.129. The molecule has 0 aromatic carbocycles. The highest BCUT2D eigenvalue weighted by Gasteiger charge is 2.26. The average molecular weight is 282 g/mol. The highest BCUT2D eigenvalue weighted by Crippen LogP contribution is 2.28. The number of oxazole rings is 1. The number of rotatable bonds is 3. The fraction of sp³-hybridized carbons (Fsp3) is 0.714. The third-order valence-electron chi connectivity index (χ3n) is 3.28. The fourth-order valence-electron chi connectivity index (χ4n) is 2.18. The van der Waals surface area contributed by atoms with E-state index >= 15 is 0 Å². The predicted octanol–water partition coefficient (Wildman–Crippen LogP) is 2.91. The van der Waals surface area contributed by atoms with Gasteiger partial charge in [-0.05, 0) is 12.8 Å². The number of likely N-dealkylation sites (tertiary alicyclic amines) is 1. The molecule has 1 saturated heterocycles. The SMILES string of the molecule is CC(C)(C)SCC(=O)N1CCC(c2ncco2)CC1. The molecule has 0 saturated carbocycles. The van der Waals surface area contributed by atoms with Crippen LogP contribution in [-0.2, 0) is 4.79 Å². The van der Waals surface area contributed by atoms with Crippen molar-refractivity contribution >= 4 is 17.7 Å². The third kappa shape index (κ3) is 4.27. The molecule has 0 unspecified atom stereocenters. The Morgan fingerprint density at radius 2 is 2.16 bits per heavy atom. The van der Waals surface area contributed by atoms with Gasteiger partial charge in [0.25, 0.3) is 0 Å². The second-order valence-electron chi connectivity index (χ2n) is 5.93. The van der Waals surface area contributed by atoms with Crippen LogP contribution in [0.4, 0.5) is 0 Å². The summed E-state index contributed by atoms with van der Waals surface area (Å²) < 4.78 is 5.49. The molecule has 1 aromatic rings. The maximum absolute atomic E-state index is 12.1. The van der Waals surface area contributed by atoms with Crippen LogP contribution in [0.5, 0.6) is 0 Å². The molecule has 0 atom stereocenters. The summed E-state index contributed by atoms with van der Waals surface area (Å²) in [7, 11) is 0. The number of carbonyl (C=O) groups excluding carboxylic acids is 1. The molecule has 19 heavy (non-hydrogen) atoms. The predicted molar refractivity (Wildman–Crippen MR) is 77.3 cm³/mol. The van der Waals surface area contributed by atoms with Crippen molar-refractivity contribution in [2.75, 3.05) is 18.8 Å². The van der Waals surface area contributed by atoms with Crippen molar-refractivity contribution in [3.63, 3.8) is 0 Å². The smallest absolute Gasteiger partial charge is 0.232 e. The van der Waals surface area contributed by atoms with Gasteiger partial charge >= 0.3 is 0 Å². The molecule has 106 valence electrons. The summed E-state index contributed by atoms with van der Waals surface area (Å²) in [5.41, 5.74) is 0. The molecule has 4 nitrogen and oxygen atoms in total. The van der Waals surface area contributed by atoms with E-state index in [2.05, 4.69) is 25.8 Å². The Balaban J connectivity index is 1.78. The van der Waals surface area contributed by atoms with Gasteiger partial charge in [-0.1, -0.05) is 20.8 Å². The van der Waals surface area contributed by atoms with Crippen LogP contribution in [-0.4, -0.2) is 39.4 Å². The average Bonchev–Trinajstić information content (AvgIpc) is 2.89. The van der Waals surface area contributed by atoms with Gasteiger partial charge < -0.3 is 9.32 Å². The molecule has 1 aromatic heterocycles. The summed E-state index contributed by atoms with van der Waals surface area (Å²) in [5.74, 6) is 2.02. The Hall–Kier alpha value is -0.970. The van der Waals surface area contributed by atoms with Crippen molar-refractivity contribution in [3.8, 4) is 0 Å². The summed E-state index contributed by atoms with van der Waals surface area (Å²) in [4.78, 5) is 18.3. The van der Waals surface area contributed by atoms with Crippen LogP contribution in [0.2, 0.25) is 0 Å². The van der Waals surface area contributed by atoms with Crippen molar-refractivity contribution in [2.24, 2.45) is 0 Å². The van der Waals surface area contributed by atoms with Crippen LogP contribution in [0.25, 0.3) is 0 Å². The van der Waals surface area contributed by atoms with Crippen molar-refractivity contribution in [1.29, 1.82) is 0 Å². The largest absolute Gasteiger partial charge is 0.449 e. The second kappa shape index (κ2) is 5.99. The van der Waals surface area contributed by atoms with Gasteiger partial charge in [0.05, 0.1) is 11.9 Å². The number of thioether (sulfide) groups is 1. The lowest BCUT2D eigenvalue weighted by Gasteiger charge is -2.31. The van der Waals surface area contributed by atoms with Gasteiger partial charge in [-0.25, -0.2) is 4.98 Å². The maximum Gasteiger partial charge on any atom is 0.232 e. The first-order chi connectivity index (χ1) is 8.96. The van der Waals surface area contributed by atoms with Gasteiger partial charge in [0, 0.05) is 23.8 Å². The lowest BCUT2D eigenvalue weighted by atomic mass is 9.97. The zero-order chi connectivity index (χ0) is 13.9. The fourth-order valence-corrected chi connectivity index (χ4v) is 2.92. The van der Waals surface area contributed by atoms with Gasteiger partial charge in [-0.2, -0.15) is 0 Å². The van der Waals surface area contributed by atoms with E-state index < -0.39 is 0 Å². The third-order valence-corrected chi connectivity index (χ3v) is 4.53. The van der Waals surface area contributed by atoms with E-state index in [1.807, 2.05) is 4.90 Å². The molecule has 5 heteroatoms. The topological polar surface area (TPSA) is 46.3 Å². The van der Waals surface area contributed by atoms with Gasteiger partial charge in [0.1, 0.15) is 6.26 Å². The Kier molecular flexibility index (Phi) is 4.55. The van der Waals surface area contributed by atoms with E-state index in [1.54, 1.807) is 24.2 Å². The number of piperidine rings is 1. The number of aromatic nitrogens is 1. The highest BCUT2D eigenvalue weighted by atomic mass is 32.2. The monoisotopic (exact) mass is 282 g/mol. The van der Waals surface area contributed by atoms with Crippen LogP contribution in [0.15, 0.2) is 16.9 Å². The minimum absolute atomic E-state index is 0.145. The van der Waals surface area contributed by atoms with Crippen molar-refractivity contribution in [3.05, 3.63) is 18.4 Å². The van der Waals surface area contributed by atoms with Crippen LogP contribution in [0.3, 0.4) is 0 Å². The summed E-state index contributed by atoms with van der Waals surface area (Å²) in [6.45, 7) is 8.05. The molecular weight excluding hydrogens is 260 g/mol. The molecule has 2 heterocycles. The molecule has 0 spiro atoms. The summed E-state index contributed by atoms with van der Waals surface area (Å²) in [5, 5.41) is 0. The standard InChI is InChI=1S/C14H22N2O2S/c1-14(2,3)19-10-12(17)16-7-4-11(5-8-16)13-15-6-9-18-13/h6,9,11H,4-5,7-8,10H2,1-3H3. The van der Waals surface area contributed by atoms with Crippen LogP contribution >= 0.6 is 11.8 Å². The molecule has 0 aliphatic carbocycles. The van der Waals surface area contributed by atoms with Crippen LogP contribution in [0.1, 0.15) is 45.4 Å². The molecule has 2 rings (SSSR count). The number of carbonyl (C=O) groups is 1. The van der Waals surface area contributed by atoms with E-state index in [-0.39, 0.29) is 10.7 Å². The number of hydrogen-bond acceptors (Lipinski definition) is 4. The molecule has 0 bridgehead atoms. The summed E-state index contributed by atoms with van der Waals surface area (Å²) in [6.07, 6.45) is 5.21. The molecule has 1 fully saturated rings. The Labute approximate surface area is 118 Å². The van der Waals surface area contributed by atoms with Gasteiger partial charge in [0.15, 0.2) is 5.89 Å². The summed E-state index contributed by atoms with van der Waals surface area (Å²) in [6, 6.07) is 0. The minimum atomic E-state index is 0.145. The number of hydrogen-bond donors (Lipinski definition) is 0. The Bertz CT molecular complexity index is 404. The molecule has 1 amide bonds. The van der Waals surface area contributed by atoms with Crippen molar-refractivity contribution in [2.45, 2.75) is 44.3 Å². The normalized spacial score (nSPS) is 17.7. The van der Waals surface area contributed by atoms with Crippen LogP contribution < -0.4 is 0 Å². The van der Waals surface area contributed by atoms with Crippen molar-refractivity contribution in [1.82, 2.24) is 9.88 Å². The Morgan fingerprint density at radius 1 is 1.47 bits per heavy atom. The molecule has 1 aliphatic rings. The maximum atomic E-state index is 12.1. The Morgan fingerprint density at radius 3 is 2.68 bits per heavy atom. The van der Waals surface area contributed by atoms with E-state index in [0.29, 0.717) is 11.7 Å².